The molecule has 1 amide bonds. The van der Waals surface area contributed by atoms with Crippen molar-refractivity contribution in [3.63, 3.8) is 0 Å². The van der Waals surface area contributed by atoms with Crippen molar-refractivity contribution < 1.29 is 24.2 Å². The number of esters is 1. The molecule has 0 saturated heterocycles. The quantitative estimate of drug-likeness (QED) is 0.440. The van der Waals surface area contributed by atoms with E-state index in [2.05, 4.69) is 4.74 Å². The maximum Gasteiger partial charge on any atom is 0.332 e. The summed E-state index contributed by atoms with van der Waals surface area (Å²) >= 11 is 0. The number of carbonyl (C=O) groups excluding carboxylic acids is 2. The molecule has 0 fully saturated rings. The molecule has 0 rings (SSSR count). The lowest BCUT2D eigenvalue weighted by Gasteiger charge is -2.21. The van der Waals surface area contributed by atoms with Gasteiger partial charge in [0.25, 0.3) is 5.91 Å². The first-order chi connectivity index (χ1) is 7.43. The fourth-order valence-corrected chi connectivity index (χ4v) is 1.04. The van der Waals surface area contributed by atoms with Crippen LogP contribution in [0.2, 0.25) is 0 Å². The largest absolute Gasteiger partial charge is 0.480 e. The van der Waals surface area contributed by atoms with Crippen molar-refractivity contribution in [2.24, 2.45) is 5.73 Å². The van der Waals surface area contributed by atoms with Crippen molar-refractivity contribution in [1.82, 2.24) is 4.90 Å². The summed E-state index contributed by atoms with van der Waals surface area (Å²) in [6, 6.07) is -1.46. The highest BCUT2D eigenvalue weighted by Crippen LogP contribution is 1.96. The van der Waals surface area contributed by atoms with Crippen LogP contribution in [0.4, 0.5) is 0 Å². The smallest absolute Gasteiger partial charge is 0.332 e. The third-order valence-corrected chi connectivity index (χ3v) is 1.83. The summed E-state index contributed by atoms with van der Waals surface area (Å²) in [7, 11) is 0. The van der Waals surface area contributed by atoms with Gasteiger partial charge in [-0.3, -0.25) is 9.59 Å². The monoisotopic (exact) mass is 232 g/mol. The average Bonchev–Trinajstić information content (AvgIpc) is 2.23. The normalized spacial score (nSPS) is 11.7. The lowest BCUT2D eigenvalue weighted by atomic mass is 10.2. The molecule has 0 aliphatic carbocycles. The molecule has 0 aromatic rings. The van der Waals surface area contributed by atoms with Crippen LogP contribution in [-0.2, 0) is 19.1 Å². The molecule has 3 N–H and O–H groups in total. The van der Waals surface area contributed by atoms with Crippen molar-refractivity contribution >= 4 is 17.8 Å². The molecule has 1 atom stereocenters. The second-order valence-electron chi connectivity index (χ2n) is 2.98. The molecule has 0 heterocycles. The average molecular weight is 232 g/mol. The van der Waals surface area contributed by atoms with E-state index in [4.69, 9.17) is 10.8 Å². The standard InChI is InChI=1S/C9H16N2O5/c1-3-11(5-6(12)13)8(14)7(10)9(15)16-4-2/h7H,3-5,10H2,1-2H3,(H,12,13). The van der Waals surface area contributed by atoms with Gasteiger partial charge in [0.2, 0.25) is 0 Å². The first-order valence-electron chi connectivity index (χ1n) is 4.86. The number of amides is 1. The molecule has 1 unspecified atom stereocenters. The fraction of sp³-hybridized carbons (Fsp3) is 0.667. The van der Waals surface area contributed by atoms with Crippen LogP contribution in [0.1, 0.15) is 13.8 Å². The van der Waals surface area contributed by atoms with E-state index in [9.17, 15) is 14.4 Å². The first kappa shape index (κ1) is 14.4. The van der Waals surface area contributed by atoms with E-state index in [1.54, 1.807) is 13.8 Å². The Hall–Kier alpha value is -1.63. The van der Waals surface area contributed by atoms with Crippen LogP contribution < -0.4 is 5.73 Å². The molecular weight excluding hydrogens is 216 g/mol. The van der Waals surface area contributed by atoms with Crippen LogP contribution in [0.5, 0.6) is 0 Å². The summed E-state index contributed by atoms with van der Waals surface area (Å²) < 4.78 is 4.57. The number of nitrogens with two attached hydrogens (primary N) is 1. The second kappa shape index (κ2) is 6.78. The molecule has 0 aromatic heterocycles. The number of carbonyl (C=O) groups is 3. The van der Waals surface area contributed by atoms with Gasteiger partial charge in [-0.1, -0.05) is 0 Å². The molecular formula is C9H16N2O5. The molecule has 0 bridgehead atoms. The predicted molar refractivity (Wildman–Crippen MR) is 54.5 cm³/mol. The summed E-state index contributed by atoms with van der Waals surface area (Å²) in [5.74, 6) is -2.76. The van der Waals surface area contributed by atoms with Crippen molar-refractivity contribution in [3.8, 4) is 0 Å². The minimum atomic E-state index is -1.46. The second-order valence-corrected chi connectivity index (χ2v) is 2.98. The van der Waals surface area contributed by atoms with Gasteiger partial charge >= 0.3 is 11.9 Å². The van der Waals surface area contributed by atoms with Gasteiger partial charge < -0.3 is 20.5 Å². The summed E-state index contributed by atoms with van der Waals surface area (Å²) in [6.07, 6.45) is 0. The third kappa shape index (κ3) is 4.26. The van der Waals surface area contributed by atoms with Crippen molar-refractivity contribution in [3.05, 3.63) is 0 Å². The Morgan fingerprint density at radius 2 is 1.94 bits per heavy atom. The molecule has 0 saturated carbocycles. The van der Waals surface area contributed by atoms with Gasteiger partial charge in [-0.2, -0.15) is 0 Å². The molecule has 0 spiro atoms. The van der Waals surface area contributed by atoms with Crippen LogP contribution >= 0.6 is 0 Å². The molecule has 0 radical (unpaired) electrons. The van der Waals surface area contributed by atoms with Crippen LogP contribution in [-0.4, -0.2) is 53.6 Å². The number of hydrogen-bond donors (Lipinski definition) is 2. The van der Waals surface area contributed by atoms with Gasteiger partial charge in [0.1, 0.15) is 6.54 Å². The van der Waals surface area contributed by atoms with E-state index in [0.717, 1.165) is 4.90 Å². The summed E-state index contributed by atoms with van der Waals surface area (Å²) in [4.78, 5) is 34.1. The van der Waals surface area contributed by atoms with Crippen molar-refractivity contribution in [1.29, 1.82) is 0 Å². The summed E-state index contributed by atoms with van der Waals surface area (Å²) in [6.45, 7) is 2.98. The van der Waals surface area contributed by atoms with Gasteiger partial charge in [-0.15, -0.1) is 0 Å². The minimum absolute atomic E-state index is 0.116. The number of nitrogens with zero attached hydrogens (tertiary/aromatic N) is 1. The van der Waals surface area contributed by atoms with E-state index in [0.29, 0.717) is 0 Å². The minimum Gasteiger partial charge on any atom is -0.480 e. The highest BCUT2D eigenvalue weighted by atomic mass is 16.5. The molecule has 16 heavy (non-hydrogen) atoms. The molecule has 0 aliphatic rings. The Balaban J connectivity index is 4.49. The van der Waals surface area contributed by atoms with Crippen LogP contribution in [0.15, 0.2) is 0 Å². The number of carboxylic acids is 1. The van der Waals surface area contributed by atoms with E-state index in [1.807, 2.05) is 0 Å². The molecule has 0 aromatic carbocycles. The molecule has 0 aliphatic heterocycles. The van der Waals surface area contributed by atoms with E-state index in [-0.39, 0.29) is 13.2 Å². The van der Waals surface area contributed by atoms with Gasteiger partial charge in [0, 0.05) is 6.54 Å². The number of hydrogen-bond acceptors (Lipinski definition) is 5. The first-order valence-corrected chi connectivity index (χ1v) is 4.86. The zero-order chi connectivity index (χ0) is 12.7. The predicted octanol–water partition coefficient (Wildman–Crippen LogP) is -1.19. The SMILES string of the molecule is CCOC(=O)C(N)C(=O)N(CC)CC(=O)O. The Morgan fingerprint density at radius 3 is 2.31 bits per heavy atom. The van der Waals surface area contributed by atoms with E-state index in [1.165, 1.54) is 0 Å². The van der Waals surface area contributed by atoms with Crippen molar-refractivity contribution in [2.45, 2.75) is 19.9 Å². The lowest BCUT2D eigenvalue weighted by Crippen LogP contribution is -2.50. The summed E-state index contributed by atoms with van der Waals surface area (Å²) in [5, 5.41) is 8.54. The molecule has 7 heteroatoms. The maximum absolute atomic E-state index is 11.6. The molecule has 7 nitrogen and oxygen atoms in total. The van der Waals surface area contributed by atoms with Gasteiger partial charge in [0.15, 0.2) is 6.04 Å². The highest BCUT2D eigenvalue weighted by molar-refractivity contribution is 6.02. The fourth-order valence-electron chi connectivity index (χ4n) is 1.04. The molecule has 92 valence electrons. The van der Waals surface area contributed by atoms with E-state index < -0.39 is 30.4 Å². The maximum atomic E-state index is 11.6. The highest BCUT2D eigenvalue weighted by Gasteiger charge is 2.28. The third-order valence-electron chi connectivity index (χ3n) is 1.83. The number of ether oxygens (including phenoxy) is 1. The van der Waals surface area contributed by atoms with Gasteiger partial charge in [0.05, 0.1) is 6.61 Å². The number of rotatable bonds is 6. The topological polar surface area (TPSA) is 110 Å². The van der Waals surface area contributed by atoms with Gasteiger partial charge in [-0.25, -0.2) is 4.79 Å². The van der Waals surface area contributed by atoms with Crippen LogP contribution in [0, 0.1) is 0 Å². The van der Waals surface area contributed by atoms with Gasteiger partial charge in [-0.05, 0) is 13.8 Å². The van der Waals surface area contributed by atoms with Crippen LogP contribution in [0.3, 0.4) is 0 Å². The van der Waals surface area contributed by atoms with Crippen LogP contribution in [0.25, 0.3) is 0 Å². The zero-order valence-corrected chi connectivity index (χ0v) is 9.30. The van der Waals surface area contributed by atoms with E-state index >= 15 is 0 Å². The Morgan fingerprint density at radius 1 is 1.38 bits per heavy atom. The Labute approximate surface area is 93.2 Å². The number of likely N-dealkylation sites (N-methyl/N-ethyl adjacent to an activating group) is 1. The Kier molecular flexibility index (Phi) is 6.09. The Bertz CT molecular complexity index is 279. The summed E-state index contributed by atoms with van der Waals surface area (Å²) in [5.41, 5.74) is 5.34. The van der Waals surface area contributed by atoms with Crippen molar-refractivity contribution in [2.75, 3.05) is 19.7 Å². The number of carboxylic acid groups (broad SMARTS) is 1. The zero-order valence-electron chi connectivity index (χ0n) is 9.30. The number of aliphatic carboxylic acids is 1. The lowest BCUT2D eigenvalue weighted by molar-refractivity contribution is -0.153.